The monoisotopic (exact) mass is 314 g/mol. The van der Waals surface area contributed by atoms with Gasteiger partial charge in [0.1, 0.15) is 11.6 Å². The average molecular weight is 314 g/mol. The maximum absolute atomic E-state index is 5.38. The van der Waals surface area contributed by atoms with Crippen molar-refractivity contribution in [3.8, 4) is 34.4 Å². The van der Waals surface area contributed by atoms with Gasteiger partial charge in [0.2, 0.25) is 5.75 Å². The van der Waals surface area contributed by atoms with Crippen LogP contribution in [0, 0.1) is 0 Å². The fraction of sp³-hybridized carbons (Fsp3) is 0.235. The Bertz CT molecular complexity index is 817. The molecule has 2 aromatic carbocycles. The molecule has 3 aromatic rings. The molecule has 3 rings (SSSR count). The molecule has 0 fully saturated rings. The number of ether oxygens (including phenoxy) is 4. The van der Waals surface area contributed by atoms with E-state index >= 15 is 0 Å². The zero-order valence-corrected chi connectivity index (χ0v) is 13.5. The molecule has 0 amide bonds. The molecule has 1 N–H and O–H groups in total. The second kappa shape index (κ2) is 6.08. The third-order valence-corrected chi connectivity index (χ3v) is 3.63. The van der Waals surface area contributed by atoms with Crippen LogP contribution in [-0.4, -0.2) is 38.4 Å². The molecule has 0 atom stereocenters. The van der Waals surface area contributed by atoms with Crippen LogP contribution >= 0.6 is 0 Å². The van der Waals surface area contributed by atoms with Crippen LogP contribution in [0.5, 0.6) is 23.0 Å². The lowest BCUT2D eigenvalue weighted by Gasteiger charge is -2.13. The summed E-state index contributed by atoms with van der Waals surface area (Å²) in [5.74, 6) is 3.20. The van der Waals surface area contributed by atoms with Crippen LogP contribution in [0.25, 0.3) is 22.4 Å². The van der Waals surface area contributed by atoms with Gasteiger partial charge in [-0.25, -0.2) is 4.98 Å². The molecule has 0 saturated heterocycles. The number of aromatic nitrogens is 2. The molecule has 0 aliphatic rings. The molecule has 1 aromatic heterocycles. The smallest absolute Gasteiger partial charge is 0.203 e. The lowest BCUT2D eigenvalue weighted by molar-refractivity contribution is 0.324. The first-order valence-corrected chi connectivity index (χ1v) is 7.04. The van der Waals surface area contributed by atoms with Crippen molar-refractivity contribution in [2.45, 2.75) is 0 Å². The molecule has 0 radical (unpaired) electrons. The first kappa shape index (κ1) is 15.0. The Hall–Kier alpha value is -2.89. The van der Waals surface area contributed by atoms with Crippen molar-refractivity contribution in [2.75, 3.05) is 28.4 Å². The Balaban J connectivity index is 2.14. The van der Waals surface area contributed by atoms with Gasteiger partial charge in [-0.05, 0) is 24.3 Å². The van der Waals surface area contributed by atoms with Gasteiger partial charge in [0.25, 0.3) is 0 Å². The molecule has 23 heavy (non-hydrogen) atoms. The number of fused-ring (bicyclic) bond motifs is 1. The van der Waals surface area contributed by atoms with Gasteiger partial charge in [-0.15, -0.1) is 0 Å². The van der Waals surface area contributed by atoms with E-state index in [1.807, 2.05) is 30.3 Å². The summed E-state index contributed by atoms with van der Waals surface area (Å²) in [6.45, 7) is 0. The van der Waals surface area contributed by atoms with Gasteiger partial charge in [-0.1, -0.05) is 0 Å². The van der Waals surface area contributed by atoms with Crippen LogP contribution in [0.15, 0.2) is 30.3 Å². The van der Waals surface area contributed by atoms with Crippen LogP contribution in [0.4, 0.5) is 0 Å². The molecule has 6 heteroatoms. The normalized spacial score (nSPS) is 10.6. The minimum absolute atomic E-state index is 0.552. The largest absolute Gasteiger partial charge is 0.497 e. The number of aromatic amines is 1. The molecule has 1 heterocycles. The predicted molar refractivity (Wildman–Crippen MR) is 87.7 cm³/mol. The summed E-state index contributed by atoms with van der Waals surface area (Å²) < 4.78 is 21.3. The van der Waals surface area contributed by atoms with Crippen molar-refractivity contribution in [3.63, 3.8) is 0 Å². The van der Waals surface area contributed by atoms with E-state index in [2.05, 4.69) is 9.97 Å². The summed E-state index contributed by atoms with van der Waals surface area (Å²) in [7, 11) is 6.39. The Labute approximate surface area is 134 Å². The lowest BCUT2D eigenvalue weighted by atomic mass is 10.1. The molecule has 6 nitrogen and oxygen atoms in total. The number of benzene rings is 2. The van der Waals surface area contributed by atoms with E-state index in [4.69, 9.17) is 18.9 Å². The minimum atomic E-state index is 0.552. The molecule has 120 valence electrons. The summed E-state index contributed by atoms with van der Waals surface area (Å²) in [5.41, 5.74) is 2.59. The van der Waals surface area contributed by atoms with Gasteiger partial charge in [0, 0.05) is 11.6 Å². The van der Waals surface area contributed by atoms with Crippen molar-refractivity contribution in [1.29, 1.82) is 0 Å². The molecule has 0 saturated carbocycles. The van der Waals surface area contributed by atoms with Crippen LogP contribution < -0.4 is 18.9 Å². The number of nitrogens with one attached hydrogen (secondary N) is 1. The zero-order chi connectivity index (χ0) is 16.4. The third kappa shape index (κ3) is 2.63. The summed E-state index contributed by atoms with van der Waals surface area (Å²) in [6.07, 6.45) is 0. The summed E-state index contributed by atoms with van der Waals surface area (Å²) in [6, 6.07) is 9.42. The van der Waals surface area contributed by atoms with Crippen LogP contribution in [0.2, 0.25) is 0 Å². The summed E-state index contributed by atoms with van der Waals surface area (Å²) >= 11 is 0. The van der Waals surface area contributed by atoms with Crippen molar-refractivity contribution in [1.82, 2.24) is 9.97 Å². The Morgan fingerprint density at radius 1 is 0.826 bits per heavy atom. The Kier molecular flexibility index (Phi) is 3.97. The summed E-state index contributed by atoms with van der Waals surface area (Å²) in [4.78, 5) is 7.90. The van der Waals surface area contributed by atoms with Crippen molar-refractivity contribution in [2.24, 2.45) is 0 Å². The van der Waals surface area contributed by atoms with Crippen molar-refractivity contribution < 1.29 is 18.9 Å². The number of methoxy groups -OCH3 is 4. The van der Waals surface area contributed by atoms with Gasteiger partial charge in [0.05, 0.1) is 39.5 Å². The number of hydrogen-bond acceptors (Lipinski definition) is 5. The number of imidazole rings is 1. The Morgan fingerprint density at radius 3 is 2.09 bits per heavy atom. The lowest BCUT2D eigenvalue weighted by Crippen LogP contribution is -1.96. The van der Waals surface area contributed by atoms with Crippen LogP contribution in [0.1, 0.15) is 0 Å². The maximum atomic E-state index is 5.38. The predicted octanol–water partition coefficient (Wildman–Crippen LogP) is 3.26. The molecular weight excluding hydrogens is 296 g/mol. The van der Waals surface area contributed by atoms with Gasteiger partial charge >= 0.3 is 0 Å². The van der Waals surface area contributed by atoms with Gasteiger partial charge < -0.3 is 23.9 Å². The maximum Gasteiger partial charge on any atom is 0.203 e. The molecule has 0 aliphatic heterocycles. The molecule has 0 aliphatic carbocycles. The second-order valence-corrected chi connectivity index (χ2v) is 4.88. The molecule has 0 bridgehead atoms. The first-order valence-electron chi connectivity index (χ1n) is 7.04. The third-order valence-electron chi connectivity index (χ3n) is 3.63. The van der Waals surface area contributed by atoms with Crippen molar-refractivity contribution >= 4 is 11.0 Å². The van der Waals surface area contributed by atoms with Gasteiger partial charge in [0.15, 0.2) is 11.5 Å². The van der Waals surface area contributed by atoms with E-state index in [-0.39, 0.29) is 0 Å². The highest BCUT2D eigenvalue weighted by Crippen LogP contribution is 2.40. The van der Waals surface area contributed by atoms with Crippen LogP contribution in [-0.2, 0) is 0 Å². The molecule has 0 unspecified atom stereocenters. The average Bonchev–Trinajstić information content (AvgIpc) is 3.03. The zero-order valence-electron chi connectivity index (χ0n) is 13.5. The SMILES string of the molecule is COc1ccc2[nH]c(-c3cc(OC)c(OC)c(OC)c3)nc2c1. The van der Waals surface area contributed by atoms with E-state index in [0.717, 1.165) is 22.3 Å². The highest BCUT2D eigenvalue weighted by atomic mass is 16.5. The number of hydrogen-bond donors (Lipinski definition) is 1. The number of H-pyrrole nitrogens is 1. The summed E-state index contributed by atoms with van der Waals surface area (Å²) in [5, 5.41) is 0. The molecular formula is C17H18N2O4. The first-order chi connectivity index (χ1) is 11.2. The molecule has 0 spiro atoms. The van der Waals surface area contributed by atoms with E-state index in [0.29, 0.717) is 23.1 Å². The topological polar surface area (TPSA) is 65.6 Å². The minimum Gasteiger partial charge on any atom is -0.497 e. The van der Waals surface area contributed by atoms with Crippen LogP contribution in [0.3, 0.4) is 0 Å². The highest BCUT2D eigenvalue weighted by molar-refractivity contribution is 5.81. The standard InChI is InChI=1S/C17H18N2O4/c1-20-11-5-6-12-13(9-11)19-17(18-12)10-7-14(21-2)16(23-4)15(8-10)22-3/h5-9H,1-4H3,(H,18,19). The van der Waals surface area contributed by atoms with E-state index < -0.39 is 0 Å². The second-order valence-electron chi connectivity index (χ2n) is 4.88. The highest BCUT2D eigenvalue weighted by Gasteiger charge is 2.16. The fourth-order valence-electron chi connectivity index (χ4n) is 2.47. The quantitative estimate of drug-likeness (QED) is 0.783. The van der Waals surface area contributed by atoms with E-state index in [1.165, 1.54) is 0 Å². The Morgan fingerprint density at radius 2 is 1.52 bits per heavy atom. The fourth-order valence-corrected chi connectivity index (χ4v) is 2.47. The van der Waals surface area contributed by atoms with Gasteiger partial charge in [-0.2, -0.15) is 0 Å². The number of rotatable bonds is 5. The van der Waals surface area contributed by atoms with Gasteiger partial charge in [-0.3, -0.25) is 0 Å². The number of nitrogens with zero attached hydrogens (tertiary/aromatic N) is 1. The van der Waals surface area contributed by atoms with Crippen molar-refractivity contribution in [3.05, 3.63) is 30.3 Å². The van der Waals surface area contributed by atoms with E-state index in [9.17, 15) is 0 Å². The van der Waals surface area contributed by atoms with E-state index in [1.54, 1.807) is 28.4 Å².